The van der Waals surface area contributed by atoms with E-state index < -0.39 is 19.0 Å². The minimum absolute atomic E-state index is 0.0941. The predicted molar refractivity (Wildman–Crippen MR) is 47.0 cm³/mol. The average molecular weight is 222 g/mol. The van der Waals surface area contributed by atoms with E-state index in [1.165, 1.54) is 0 Å². The predicted octanol–water partition coefficient (Wildman–Crippen LogP) is 3.10. The molecule has 0 heterocycles. The van der Waals surface area contributed by atoms with Crippen LogP contribution in [0.5, 0.6) is 0 Å². The van der Waals surface area contributed by atoms with Crippen molar-refractivity contribution in [1.82, 2.24) is 0 Å². The van der Waals surface area contributed by atoms with Crippen LogP contribution in [0.1, 0.15) is 5.56 Å². The summed E-state index contributed by atoms with van der Waals surface area (Å²) in [6.45, 7) is -1.36. The van der Waals surface area contributed by atoms with Crippen LogP contribution >= 0.6 is 0 Å². The molecule has 0 saturated heterocycles. The van der Waals surface area contributed by atoms with E-state index >= 15 is 0 Å². The third-order valence-corrected chi connectivity index (χ3v) is 1.73. The molecule has 0 aliphatic heterocycles. The molecular formula is C10H10F4O. The molecule has 1 aromatic carbocycles. The van der Waals surface area contributed by atoms with Crippen LogP contribution in [0, 0.1) is 0 Å². The van der Waals surface area contributed by atoms with Crippen LogP contribution in [0.4, 0.5) is 17.6 Å². The topological polar surface area (TPSA) is 9.23 Å². The van der Waals surface area contributed by atoms with Crippen LogP contribution < -0.4 is 0 Å². The van der Waals surface area contributed by atoms with Gasteiger partial charge in [-0.2, -0.15) is 8.78 Å². The normalized spacial score (nSPS) is 12.1. The van der Waals surface area contributed by atoms with Gasteiger partial charge in [0.1, 0.15) is 6.61 Å². The zero-order chi connectivity index (χ0) is 11.3. The molecule has 0 N–H and O–H groups in total. The standard InChI is InChI=1S/C10H10F4O/c11-9(12)10(13,14)7-15-6-8-4-2-1-3-5-8/h1-5,9H,6-7H2. The van der Waals surface area contributed by atoms with E-state index in [0.29, 0.717) is 5.56 Å². The maximum absolute atomic E-state index is 12.4. The van der Waals surface area contributed by atoms with Crippen molar-refractivity contribution < 1.29 is 22.3 Å². The Labute approximate surface area is 84.7 Å². The Morgan fingerprint density at radius 1 is 1.13 bits per heavy atom. The van der Waals surface area contributed by atoms with Crippen molar-refractivity contribution in [3.8, 4) is 0 Å². The highest BCUT2D eigenvalue weighted by molar-refractivity contribution is 5.13. The maximum Gasteiger partial charge on any atom is 0.330 e. The highest BCUT2D eigenvalue weighted by Gasteiger charge is 2.40. The number of hydrogen-bond donors (Lipinski definition) is 0. The molecule has 0 aliphatic rings. The van der Waals surface area contributed by atoms with Crippen LogP contribution in [-0.2, 0) is 11.3 Å². The first-order valence-electron chi connectivity index (χ1n) is 4.30. The number of alkyl halides is 4. The molecular weight excluding hydrogens is 212 g/mol. The highest BCUT2D eigenvalue weighted by atomic mass is 19.3. The second-order valence-corrected chi connectivity index (χ2v) is 3.04. The van der Waals surface area contributed by atoms with Gasteiger partial charge in [-0.05, 0) is 5.56 Å². The lowest BCUT2D eigenvalue weighted by Gasteiger charge is -2.14. The lowest BCUT2D eigenvalue weighted by molar-refractivity contribution is -0.168. The Bertz CT molecular complexity index is 287. The van der Waals surface area contributed by atoms with Gasteiger partial charge in [-0.3, -0.25) is 0 Å². The molecule has 5 heteroatoms. The summed E-state index contributed by atoms with van der Waals surface area (Å²) in [6, 6.07) is 8.52. The van der Waals surface area contributed by atoms with Crippen LogP contribution in [0.2, 0.25) is 0 Å². The van der Waals surface area contributed by atoms with Gasteiger partial charge in [-0.1, -0.05) is 30.3 Å². The van der Waals surface area contributed by atoms with Gasteiger partial charge < -0.3 is 4.74 Å². The van der Waals surface area contributed by atoms with Crippen LogP contribution in [0.25, 0.3) is 0 Å². The number of ether oxygens (including phenoxy) is 1. The summed E-state index contributed by atoms with van der Waals surface area (Å²) in [5.41, 5.74) is 0.669. The summed E-state index contributed by atoms with van der Waals surface area (Å²) in [4.78, 5) is 0. The minimum Gasteiger partial charge on any atom is -0.370 e. The molecule has 1 rings (SSSR count). The monoisotopic (exact) mass is 222 g/mol. The average Bonchev–Trinajstić information content (AvgIpc) is 2.19. The van der Waals surface area contributed by atoms with Crippen LogP contribution in [0.3, 0.4) is 0 Å². The van der Waals surface area contributed by atoms with Crippen molar-refractivity contribution in [1.29, 1.82) is 0 Å². The highest BCUT2D eigenvalue weighted by Crippen LogP contribution is 2.23. The maximum atomic E-state index is 12.4. The van der Waals surface area contributed by atoms with Gasteiger partial charge in [-0.15, -0.1) is 0 Å². The van der Waals surface area contributed by atoms with E-state index in [1.54, 1.807) is 30.3 Å². The third-order valence-electron chi connectivity index (χ3n) is 1.73. The minimum atomic E-state index is -4.07. The molecule has 0 amide bonds. The van der Waals surface area contributed by atoms with Crippen molar-refractivity contribution in [3.05, 3.63) is 35.9 Å². The van der Waals surface area contributed by atoms with Gasteiger partial charge in [0.05, 0.1) is 6.61 Å². The summed E-state index contributed by atoms with van der Waals surface area (Å²) < 4.78 is 52.7. The molecule has 0 bridgehead atoms. The van der Waals surface area contributed by atoms with E-state index in [-0.39, 0.29) is 6.61 Å². The van der Waals surface area contributed by atoms with Gasteiger partial charge in [0.15, 0.2) is 0 Å². The fourth-order valence-corrected chi connectivity index (χ4v) is 0.942. The first kappa shape index (κ1) is 12.0. The van der Waals surface area contributed by atoms with Gasteiger partial charge >= 0.3 is 12.3 Å². The smallest absolute Gasteiger partial charge is 0.330 e. The van der Waals surface area contributed by atoms with Crippen molar-refractivity contribution in [2.75, 3.05) is 6.61 Å². The molecule has 0 aliphatic carbocycles. The Hall–Kier alpha value is -1.10. The Morgan fingerprint density at radius 3 is 2.27 bits per heavy atom. The Balaban J connectivity index is 2.34. The summed E-state index contributed by atoms with van der Waals surface area (Å²) in [6.07, 6.45) is -3.69. The quantitative estimate of drug-likeness (QED) is 0.695. The molecule has 0 spiro atoms. The van der Waals surface area contributed by atoms with Crippen LogP contribution in [-0.4, -0.2) is 19.0 Å². The molecule has 1 nitrogen and oxygen atoms in total. The van der Waals surface area contributed by atoms with Crippen molar-refractivity contribution in [2.45, 2.75) is 19.0 Å². The molecule has 0 atom stereocenters. The Kier molecular flexibility index (Phi) is 4.08. The van der Waals surface area contributed by atoms with Gasteiger partial charge in [-0.25, -0.2) is 8.78 Å². The zero-order valence-electron chi connectivity index (χ0n) is 7.80. The largest absolute Gasteiger partial charge is 0.370 e. The Morgan fingerprint density at radius 2 is 1.73 bits per heavy atom. The molecule has 15 heavy (non-hydrogen) atoms. The molecule has 84 valence electrons. The lowest BCUT2D eigenvalue weighted by atomic mass is 10.2. The summed E-state index contributed by atoms with van der Waals surface area (Å²) in [5, 5.41) is 0. The van der Waals surface area contributed by atoms with E-state index in [0.717, 1.165) is 0 Å². The van der Waals surface area contributed by atoms with Gasteiger partial charge in [0.2, 0.25) is 0 Å². The van der Waals surface area contributed by atoms with E-state index in [1.807, 2.05) is 0 Å². The van der Waals surface area contributed by atoms with Crippen molar-refractivity contribution in [3.63, 3.8) is 0 Å². The molecule has 0 aromatic heterocycles. The molecule has 0 saturated carbocycles. The fraction of sp³-hybridized carbons (Fsp3) is 0.400. The number of hydrogen-bond acceptors (Lipinski definition) is 1. The molecule has 0 unspecified atom stereocenters. The zero-order valence-corrected chi connectivity index (χ0v) is 7.80. The number of benzene rings is 1. The van der Waals surface area contributed by atoms with E-state index in [2.05, 4.69) is 4.74 Å². The summed E-state index contributed by atoms with van der Waals surface area (Å²) in [7, 11) is 0. The molecule has 0 radical (unpaired) electrons. The van der Waals surface area contributed by atoms with Crippen molar-refractivity contribution in [2.24, 2.45) is 0 Å². The first-order chi connectivity index (χ1) is 7.02. The van der Waals surface area contributed by atoms with Gasteiger partial charge in [0.25, 0.3) is 0 Å². The second kappa shape index (κ2) is 5.11. The lowest BCUT2D eigenvalue weighted by Crippen LogP contribution is -2.32. The summed E-state index contributed by atoms with van der Waals surface area (Å²) in [5.74, 6) is -4.07. The SMILES string of the molecule is FC(F)C(F)(F)COCc1ccccc1. The summed E-state index contributed by atoms with van der Waals surface area (Å²) >= 11 is 0. The molecule has 0 fully saturated rings. The fourth-order valence-electron chi connectivity index (χ4n) is 0.942. The van der Waals surface area contributed by atoms with Gasteiger partial charge in [0, 0.05) is 0 Å². The van der Waals surface area contributed by atoms with E-state index in [9.17, 15) is 17.6 Å². The second-order valence-electron chi connectivity index (χ2n) is 3.04. The number of halogens is 4. The van der Waals surface area contributed by atoms with Crippen LogP contribution in [0.15, 0.2) is 30.3 Å². The van der Waals surface area contributed by atoms with Crippen molar-refractivity contribution >= 4 is 0 Å². The molecule has 1 aromatic rings. The third kappa shape index (κ3) is 3.87. The number of rotatable bonds is 5. The first-order valence-corrected chi connectivity index (χ1v) is 4.30. The van der Waals surface area contributed by atoms with E-state index in [4.69, 9.17) is 0 Å².